The molecule has 0 aliphatic rings. The summed E-state index contributed by atoms with van der Waals surface area (Å²) in [5.41, 5.74) is 0. The molecule has 0 unspecified atom stereocenters. The summed E-state index contributed by atoms with van der Waals surface area (Å²) in [6.45, 7) is 3.67. The molecular formula is C18H32O2. The third-order valence-corrected chi connectivity index (χ3v) is 3.28. The van der Waals surface area contributed by atoms with Crippen LogP contribution in [0.15, 0.2) is 24.5 Å². The van der Waals surface area contributed by atoms with Gasteiger partial charge in [-0.25, -0.2) is 0 Å². The van der Waals surface area contributed by atoms with Gasteiger partial charge in [-0.1, -0.05) is 76.9 Å². The Bertz CT molecular complexity index is 267. The summed E-state index contributed by atoms with van der Waals surface area (Å²) < 4.78 is 4.68. The van der Waals surface area contributed by atoms with Gasteiger partial charge in [0.2, 0.25) is 0 Å². The zero-order chi connectivity index (χ0) is 14.9. The maximum atomic E-state index is 10.5. The lowest BCUT2D eigenvalue weighted by Gasteiger charge is -2.01. The van der Waals surface area contributed by atoms with E-state index in [1.165, 1.54) is 77.4 Å². The normalized spacial score (nSPS) is 11.5. The van der Waals surface area contributed by atoms with Crippen LogP contribution in [0.1, 0.15) is 84.5 Å². The summed E-state index contributed by atoms with van der Waals surface area (Å²) in [6.07, 6.45) is 22.1. The molecule has 0 saturated carbocycles. The van der Waals surface area contributed by atoms with E-state index in [9.17, 15) is 4.79 Å². The Morgan fingerprint density at radius 2 is 1.40 bits per heavy atom. The van der Waals surface area contributed by atoms with Crippen LogP contribution < -0.4 is 0 Å². The second-order valence-electron chi connectivity index (χ2n) is 5.34. The van der Waals surface area contributed by atoms with Crippen molar-refractivity contribution in [1.29, 1.82) is 0 Å². The third kappa shape index (κ3) is 16.9. The van der Waals surface area contributed by atoms with Crippen LogP contribution >= 0.6 is 0 Å². The summed E-state index contributed by atoms with van der Waals surface area (Å²) in [6, 6.07) is 0. The standard InChI is InChI=1S/C18H32O2/c1-3-4-5-6-7-8-9-10-11-12-13-14-15-16-17-20-18(2)19/h14-17H,3-13H2,1-2H3/b15-14?,17-16+. The van der Waals surface area contributed by atoms with E-state index in [4.69, 9.17) is 0 Å². The van der Waals surface area contributed by atoms with Crippen LogP contribution in [0, 0.1) is 0 Å². The molecule has 2 nitrogen and oxygen atoms in total. The van der Waals surface area contributed by atoms with Crippen molar-refractivity contribution in [3.8, 4) is 0 Å². The van der Waals surface area contributed by atoms with Gasteiger partial charge in [-0.2, -0.15) is 0 Å². The molecule has 0 radical (unpaired) electrons. The molecule has 2 heteroatoms. The summed E-state index contributed by atoms with van der Waals surface area (Å²) in [5, 5.41) is 0. The molecule has 0 aromatic rings. The number of allylic oxidation sites excluding steroid dienone is 3. The third-order valence-electron chi connectivity index (χ3n) is 3.28. The summed E-state index contributed by atoms with van der Waals surface area (Å²) in [4.78, 5) is 10.5. The number of carbonyl (C=O) groups excluding carboxylic acids is 1. The van der Waals surface area contributed by atoms with Crippen molar-refractivity contribution in [3.63, 3.8) is 0 Å². The first-order valence-corrected chi connectivity index (χ1v) is 8.26. The van der Waals surface area contributed by atoms with Gasteiger partial charge in [-0.05, 0) is 18.9 Å². The molecule has 20 heavy (non-hydrogen) atoms. The van der Waals surface area contributed by atoms with Gasteiger partial charge in [-0.3, -0.25) is 4.79 Å². The Labute approximate surface area is 125 Å². The average Bonchev–Trinajstić information content (AvgIpc) is 2.43. The number of hydrogen-bond acceptors (Lipinski definition) is 2. The van der Waals surface area contributed by atoms with E-state index in [1.807, 2.05) is 6.08 Å². The van der Waals surface area contributed by atoms with E-state index in [-0.39, 0.29) is 5.97 Å². The van der Waals surface area contributed by atoms with Crippen molar-refractivity contribution >= 4 is 5.97 Å². The molecule has 0 N–H and O–H groups in total. The van der Waals surface area contributed by atoms with E-state index >= 15 is 0 Å². The SMILES string of the molecule is CCCCCCCCCCCCC=C/C=C/OC(C)=O. The Morgan fingerprint density at radius 3 is 1.95 bits per heavy atom. The zero-order valence-corrected chi connectivity index (χ0v) is 13.4. The maximum Gasteiger partial charge on any atom is 0.307 e. The summed E-state index contributed by atoms with van der Waals surface area (Å²) >= 11 is 0. The molecule has 0 spiro atoms. The first-order valence-electron chi connectivity index (χ1n) is 8.26. The number of carbonyl (C=O) groups is 1. The zero-order valence-electron chi connectivity index (χ0n) is 13.4. The van der Waals surface area contributed by atoms with E-state index in [0.29, 0.717) is 0 Å². The van der Waals surface area contributed by atoms with E-state index in [2.05, 4.69) is 17.7 Å². The quantitative estimate of drug-likeness (QED) is 0.181. The minimum atomic E-state index is -0.274. The Hall–Kier alpha value is -1.05. The topological polar surface area (TPSA) is 26.3 Å². The van der Waals surface area contributed by atoms with Gasteiger partial charge in [-0.15, -0.1) is 0 Å². The highest BCUT2D eigenvalue weighted by molar-refractivity contribution is 5.66. The predicted octanol–water partition coefficient (Wildman–Crippen LogP) is 5.93. The number of rotatable bonds is 13. The molecular weight excluding hydrogens is 248 g/mol. The highest BCUT2D eigenvalue weighted by atomic mass is 16.5. The van der Waals surface area contributed by atoms with Crippen LogP contribution in [0.2, 0.25) is 0 Å². The second-order valence-corrected chi connectivity index (χ2v) is 5.34. The summed E-state index contributed by atoms with van der Waals surface area (Å²) in [7, 11) is 0. The Morgan fingerprint density at radius 1 is 0.850 bits per heavy atom. The van der Waals surface area contributed by atoms with Gasteiger partial charge in [0.05, 0.1) is 6.26 Å². The van der Waals surface area contributed by atoms with Crippen molar-refractivity contribution in [2.24, 2.45) is 0 Å². The monoisotopic (exact) mass is 280 g/mol. The molecule has 116 valence electrons. The predicted molar refractivity (Wildman–Crippen MR) is 86.5 cm³/mol. The average molecular weight is 280 g/mol. The van der Waals surface area contributed by atoms with Crippen molar-refractivity contribution in [1.82, 2.24) is 0 Å². The molecule has 0 bridgehead atoms. The molecule has 0 amide bonds. The van der Waals surface area contributed by atoms with Crippen LogP contribution in [0.5, 0.6) is 0 Å². The Balaban J connectivity index is 3.14. The molecule has 0 aromatic heterocycles. The largest absolute Gasteiger partial charge is 0.435 e. The fourth-order valence-electron chi connectivity index (χ4n) is 2.10. The van der Waals surface area contributed by atoms with Crippen LogP contribution in [0.3, 0.4) is 0 Å². The fourth-order valence-corrected chi connectivity index (χ4v) is 2.10. The number of ether oxygens (including phenoxy) is 1. The van der Waals surface area contributed by atoms with Crippen LogP contribution in [-0.4, -0.2) is 5.97 Å². The highest BCUT2D eigenvalue weighted by Crippen LogP contribution is 2.11. The van der Waals surface area contributed by atoms with Gasteiger partial charge in [0.25, 0.3) is 0 Å². The molecule has 0 fully saturated rings. The smallest absolute Gasteiger partial charge is 0.307 e. The van der Waals surface area contributed by atoms with Crippen LogP contribution in [0.25, 0.3) is 0 Å². The van der Waals surface area contributed by atoms with Gasteiger partial charge in [0.15, 0.2) is 0 Å². The highest BCUT2D eigenvalue weighted by Gasteiger charge is 1.91. The van der Waals surface area contributed by atoms with Crippen LogP contribution in [0.4, 0.5) is 0 Å². The maximum absolute atomic E-state index is 10.5. The number of esters is 1. The number of hydrogen-bond donors (Lipinski definition) is 0. The van der Waals surface area contributed by atoms with E-state index in [0.717, 1.165) is 6.42 Å². The molecule has 0 saturated heterocycles. The van der Waals surface area contributed by atoms with Gasteiger partial charge in [0.1, 0.15) is 0 Å². The van der Waals surface area contributed by atoms with Gasteiger partial charge in [0, 0.05) is 6.92 Å². The lowest BCUT2D eigenvalue weighted by Crippen LogP contribution is -1.88. The van der Waals surface area contributed by atoms with Crippen molar-refractivity contribution in [2.45, 2.75) is 84.5 Å². The lowest BCUT2D eigenvalue weighted by molar-refractivity contribution is -0.135. The van der Waals surface area contributed by atoms with Gasteiger partial charge < -0.3 is 4.74 Å². The van der Waals surface area contributed by atoms with Crippen LogP contribution in [-0.2, 0) is 9.53 Å². The minimum Gasteiger partial charge on any atom is -0.435 e. The number of unbranched alkanes of at least 4 members (excludes halogenated alkanes) is 10. The Kier molecular flexibility index (Phi) is 15.2. The van der Waals surface area contributed by atoms with Crippen molar-refractivity contribution < 1.29 is 9.53 Å². The molecule has 0 heterocycles. The molecule has 0 atom stereocenters. The molecule has 0 aliphatic heterocycles. The van der Waals surface area contributed by atoms with E-state index < -0.39 is 0 Å². The lowest BCUT2D eigenvalue weighted by atomic mass is 10.1. The first-order chi connectivity index (χ1) is 9.77. The van der Waals surface area contributed by atoms with Gasteiger partial charge >= 0.3 is 5.97 Å². The summed E-state index contributed by atoms with van der Waals surface area (Å²) in [5.74, 6) is -0.274. The molecule has 0 aromatic carbocycles. The fraction of sp³-hybridized carbons (Fsp3) is 0.722. The van der Waals surface area contributed by atoms with Crippen molar-refractivity contribution in [2.75, 3.05) is 0 Å². The first kappa shape index (κ1) is 18.9. The molecule has 0 rings (SSSR count). The molecule has 0 aliphatic carbocycles. The van der Waals surface area contributed by atoms with E-state index in [1.54, 1.807) is 6.08 Å². The second kappa shape index (κ2) is 16.0. The minimum absolute atomic E-state index is 0.274. The van der Waals surface area contributed by atoms with Crippen molar-refractivity contribution in [3.05, 3.63) is 24.5 Å².